The normalized spacial score (nSPS) is 18.0. The van der Waals surface area contributed by atoms with Crippen LogP contribution in [-0.4, -0.2) is 58.7 Å². The number of rotatable bonds is 6. The van der Waals surface area contributed by atoms with Crippen LogP contribution < -0.4 is 10.2 Å². The average Bonchev–Trinajstić information content (AvgIpc) is 3.18. The number of anilines is 1. The zero-order chi connectivity index (χ0) is 24.4. The summed E-state index contributed by atoms with van der Waals surface area (Å²) >= 11 is 7.65. The first-order chi connectivity index (χ1) is 17.0. The summed E-state index contributed by atoms with van der Waals surface area (Å²) in [6.45, 7) is 7.42. The number of nitrogens with zero attached hydrogens (tertiary/aromatic N) is 4. The number of carbonyl (C=O) groups is 2. The standard InChI is InChI=1S/C26H26ClN5O2S/c1-2-3-8-31-9-11-32(12-10-31)22-7-5-17(13-21(22)27)20-16-28-15-18-4-6-19(29-24(18)20)14-23-25(33)30-26(34)35-23/h4-7,13-16H,2-3,8-12H2,1H3,(H,30,33,34). The Balaban J connectivity index is 1.41. The number of thioether (sulfide) groups is 1. The highest BCUT2D eigenvalue weighted by Gasteiger charge is 2.25. The minimum atomic E-state index is -0.398. The van der Waals surface area contributed by atoms with Crippen LogP contribution in [0.4, 0.5) is 10.5 Å². The number of unbranched alkanes of at least 4 members (excludes halogenated alkanes) is 1. The highest BCUT2D eigenvalue weighted by Crippen LogP contribution is 2.34. The van der Waals surface area contributed by atoms with Gasteiger partial charge in [-0.15, -0.1) is 0 Å². The van der Waals surface area contributed by atoms with E-state index < -0.39 is 5.91 Å². The van der Waals surface area contributed by atoms with Crippen LogP contribution in [0.25, 0.3) is 28.1 Å². The van der Waals surface area contributed by atoms with Crippen LogP contribution in [0.3, 0.4) is 0 Å². The van der Waals surface area contributed by atoms with Gasteiger partial charge in [0.25, 0.3) is 11.1 Å². The first-order valence-electron chi connectivity index (χ1n) is 11.8. The fraction of sp³-hybridized carbons (Fsp3) is 0.308. The molecular weight excluding hydrogens is 482 g/mol. The molecule has 2 aliphatic rings. The van der Waals surface area contributed by atoms with Gasteiger partial charge in [-0.1, -0.05) is 31.0 Å². The maximum Gasteiger partial charge on any atom is 0.290 e. The van der Waals surface area contributed by atoms with Crippen LogP contribution in [0, 0.1) is 0 Å². The number of halogens is 1. The number of amides is 2. The molecule has 7 nitrogen and oxygen atoms in total. The molecule has 4 heterocycles. The average molecular weight is 508 g/mol. The Labute approximate surface area is 213 Å². The first kappa shape index (κ1) is 23.8. The van der Waals surface area contributed by atoms with Crippen LogP contribution in [-0.2, 0) is 4.79 Å². The molecule has 0 aliphatic carbocycles. The molecule has 1 aromatic carbocycles. The van der Waals surface area contributed by atoms with Crippen molar-refractivity contribution < 1.29 is 9.59 Å². The lowest BCUT2D eigenvalue weighted by Gasteiger charge is -2.36. The van der Waals surface area contributed by atoms with Crippen LogP contribution in [0.15, 0.2) is 47.6 Å². The number of aromatic nitrogens is 2. The fourth-order valence-electron chi connectivity index (χ4n) is 4.43. The number of fused-ring (bicyclic) bond motifs is 1. The smallest absolute Gasteiger partial charge is 0.290 e. The molecule has 3 aromatic rings. The molecule has 0 saturated carbocycles. The minimum absolute atomic E-state index is 0.333. The number of pyridine rings is 2. The number of benzene rings is 1. The molecule has 0 unspecified atom stereocenters. The van der Waals surface area contributed by atoms with Crippen molar-refractivity contribution in [1.29, 1.82) is 0 Å². The molecule has 1 N–H and O–H groups in total. The van der Waals surface area contributed by atoms with Crippen molar-refractivity contribution in [3.05, 3.63) is 58.3 Å². The van der Waals surface area contributed by atoms with E-state index in [-0.39, 0.29) is 5.24 Å². The Kier molecular flexibility index (Phi) is 7.04. The topological polar surface area (TPSA) is 78.4 Å². The summed E-state index contributed by atoms with van der Waals surface area (Å²) in [5, 5.41) is 3.49. The van der Waals surface area contributed by atoms with Gasteiger partial charge in [-0.3, -0.25) is 24.8 Å². The van der Waals surface area contributed by atoms with Crippen molar-refractivity contribution in [3.63, 3.8) is 0 Å². The summed E-state index contributed by atoms with van der Waals surface area (Å²) in [5.41, 5.74) is 4.20. The Bertz CT molecular complexity index is 1320. The van der Waals surface area contributed by atoms with E-state index in [1.165, 1.54) is 12.8 Å². The van der Waals surface area contributed by atoms with E-state index in [1.54, 1.807) is 18.5 Å². The van der Waals surface area contributed by atoms with Gasteiger partial charge in [0.1, 0.15) is 0 Å². The van der Waals surface area contributed by atoms with Crippen LogP contribution >= 0.6 is 23.4 Å². The third-order valence-corrected chi connectivity index (χ3v) is 7.45. The first-order valence-corrected chi connectivity index (χ1v) is 13.0. The summed E-state index contributed by atoms with van der Waals surface area (Å²) in [4.78, 5) is 37.8. The zero-order valence-corrected chi connectivity index (χ0v) is 21.0. The number of nitrogens with one attached hydrogen (secondary N) is 1. The molecule has 180 valence electrons. The van der Waals surface area contributed by atoms with Crippen molar-refractivity contribution in [3.8, 4) is 11.1 Å². The van der Waals surface area contributed by atoms with Gasteiger partial charge in [-0.2, -0.15) is 0 Å². The van der Waals surface area contributed by atoms with E-state index >= 15 is 0 Å². The Morgan fingerprint density at radius 3 is 2.66 bits per heavy atom. The van der Waals surface area contributed by atoms with Crippen molar-refractivity contribution in [2.45, 2.75) is 19.8 Å². The predicted octanol–water partition coefficient (Wildman–Crippen LogP) is 5.20. The van der Waals surface area contributed by atoms with E-state index in [9.17, 15) is 9.59 Å². The van der Waals surface area contributed by atoms with Gasteiger partial charge in [0, 0.05) is 49.5 Å². The SMILES string of the molecule is CCCCN1CCN(c2ccc(-c3cncc4ccc(C=C5SC(=O)NC5=O)nc34)cc2Cl)CC1. The lowest BCUT2D eigenvalue weighted by Crippen LogP contribution is -2.46. The summed E-state index contributed by atoms with van der Waals surface area (Å²) in [7, 11) is 0. The van der Waals surface area contributed by atoms with Gasteiger partial charge >= 0.3 is 0 Å². The van der Waals surface area contributed by atoms with Gasteiger partial charge in [0.05, 0.1) is 26.8 Å². The highest BCUT2D eigenvalue weighted by atomic mass is 35.5. The van der Waals surface area contributed by atoms with Gasteiger partial charge in [0.2, 0.25) is 0 Å². The molecule has 0 spiro atoms. The monoisotopic (exact) mass is 507 g/mol. The maximum atomic E-state index is 11.9. The molecule has 0 radical (unpaired) electrons. The molecule has 9 heteroatoms. The highest BCUT2D eigenvalue weighted by molar-refractivity contribution is 8.18. The van der Waals surface area contributed by atoms with E-state index in [0.29, 0.717) is 15.6 Å². The van der Waals surface area contributed by atoms with Crippen molar-refractivity contribution in [1.82, 2.24) is 20.2 Å². The molecule has 2 saturated heterocycles. The molecule has 0 bridgehead atoms. The molecule has 2 amide bonds. The lowest BCUT2D eigenvalue weighted by atomic mass is 10.0. The maximum absolute atomic E-state index is 11.9. The van der Waals surface area contributed by atoms with Gasteiger partial charge in [-0.05, 0) is 60.6 Å². The van der Waals surface area contributed by atoms with Crippen molar-refractivity contribution in [2.75, 3.05) is 37.6 Å². The third-order valence-electron chi connectivity index (χ3n) is 6.34. The Morgan fingerprint density at radius 1 is 1.11 bits per heavy atom. The molecule has 2 aliphatic heterocycles. The molecule has 35 heavy (non-hydrogen) atoms. The van der Waals surface area contributed by atoms with Crippen molar-refractivity contribution >= 4 is 57.2 Å². The van der Waals surface area contributed by atoms with E-state index in [4.69, 9.17) is 16.6 Å². The number of hydrogen-bond donors (Lipinski definition) is 1. The van der Waals surface area contributed by atoms with E-state index in [1.807, 2.05) is 18.2 Å². The second kappa shape index (κ2) is 10.4. The van der Waals surface area contributed by atoms with E-state index in [2.05, 4.69) is 39.2 Å². The summed E-state index contributed by atoms with van der Waals surface area (Å²) in [6.07, 6.45) is 7.64. The molecular formula is C26H26ClN5O2S. The van der Waals surface area contributed by atoms with E-state index in [0.717, 1.165) is 72.2 Å². The lowest BCUT2D eigenvalue weighted by molar-refractivity contribution is -0.115. The number of hydrogen-bond acceptors (Lipinski definition) is 7. The predicted molar refractivity (Wildman–Crippen MR) is 143 cm³/mol. The van der Waals surface area contributed by atoms with Crippen LogP contribution in [0.1, 0.15) is 25.5 Å². The third kappa shape index (κ3) is 5.19. The second-order valence-corrected chi connectivity index (χ2v) is 10.1. The molecule has 2 aromatic heterocycles. The van der Waals surface area contributed by atoms with Gasteiger partial charge in [0.15, 0.2) is 0 Å². The summed E-state index contributed by atoms with van der Waals surface area (Å²) < 4.78 is 0. The van der Waals surface area contributed by atoms with Gasteiger partial charge < -0.3 is 4.90 Å². The number of piperazine rings is 1. The minimum Gasteiger partial charge on any atom is -0.368 e. The van der Waals surface area contributed by atoms with Crippen LogP contribution in [0.5, 0.6) is 0 Å². The van der Waals surface area contributed by atoms with Gasteiger partial charge in [-0.25, -0.2) is 4.98 Å². The molecule has 2 fully saturated rings. The largest absolute Gasteiger partial charge is 0.368 e. The zero-order valence-electron chi connectivity index (χ0n) is 19.5. The Hall–Kier alpha value is -2.94. The summed E-state index contributed by atoms with van der Waals surface area (Å²) in [5.74, 6) is -0.398. The molecule has 0 atom stereocenters. The second-order valence-electron chi connectivity index (χ2n) is 8.70. The van der Waals surface area contributed by atoms with Crippen LogP contribution in [0.2, 0.25) is 5.02 Å². The Morgan fingerprint density at radius 2 is 1.94 bits per heavy atom. The van der Waals surface area contributed by atoms with Crippen molar-refractivity contribution in [2.24, 2.45) is 0 Å². The fourth-order valence-corrected chi connectivity index (χ4v) is 5.40. The number of imide groups is 1. The quantitative estimate of drug-likeness (QED) is 0.459. The summed E-state index contributed by atoms with van der Waals surface area (Å²) in [6, 6.07) is 9.84. The molecule has 5 rings (SSSR count). The number of carbonyl (C=O) groups excluding carboxylic acids is 2.